The van der Waals surface area contributed by atoms with Gasteiger partial charge in [-0.2, -0.15) is 0 Å². The molecule has 10 nitrogen and oxygen atoms in total. The number of nitrogens with zero attached hydrogens (tertiary/aromatic N) is 4. The lowest BCUT2D eigenvalue weighted by atomic mass is 9.99. The first kappa shape index (κ1) is 27.1. The third-order valence-electron chi connectivity index (χ3n) is 6.75. The number of thiophene rings is 1. The molecule has 2 aromatic heterocycles. The van der Waals surface area contributed by atoms with Crippen LogP contribution < -0.4 is 10.1 Å². The van der Waals surface area contributed by atoms with Crippen molar-refractivity contribution in [2.45, 2.75) is 39.7 Å². The zero-order chi connectivity index (χ0) is 28.4. The first-order valence-corrected chi connectivity index (χ1v) is 13.6. The lowest BCUT2D eigenvalue weighted by Gasteiger charge is -2.13. The molecule has 206 valence electrons. The fraction of sp³-hybridized carbons (Fsp3) is 0.276. The smallest absolute Gasteiger partial charge is 0.341 e. The van der Waals surface area contributed by atoms with Crippen LogP contribution in [-0.4, -0.2) is 51.2 Å². The Balaban J connectivity index is 1.47. The number of aliphatic imine (C=N–C) groups is 1. The third-order valence-corrected chi connectivity index (χ3v) is 7.95. The summed E-state index contributed by atoms with van der Waals surface area (Å²) in [6.07, 6.45) is 0.672. The van der Waals surface area contributed by atoms with E-state index in [1.807, 2.05) is 43.3 Å². The molecule has 0 amide bonds. The molecule has 11 heteroatoms. The lowest BCUT2D eigenvalue weighted by Crippen LogP contribution is -2.09. The number of carboxylic acids is 1. The number of rotatable bonds is 9. The number of carbonyl (C=O) groups is 2. The highest BCUT2D eigenvalue weighted by Crippen LogP contribution is 2.40. The molecule has 0 bridgehead atoms. The molecule has 3 heterocycles. The summed E-state index contributed by atoms with van der Waals surface area (Å²) in [5.41, 5.74) is 5.72. The van der Waals surface area contributed by atoms with Gasteiger partial charge in [0.05, 0.1) is 12.8 Å². The predicted octanol–water partition coefficient (Wildman–Crippen LogP) is 5.31. The number of benzene rings is 2. The van der Waals surface area contributed by atoms with Crippen molar-refractivity contribution in [3.05, 3.63) is 81.7 Å². The Morgan fingerprint density at radius 1 is 1.02 bits per heavy atom. The van der Waals surface area contributed by atoms with Crippen molar-refractivity contribution in [2.75, 3.05) is 19.0 Å². The van der Waals surface area contributed by atoms with Crippen LogP contribution in [0.25, 0.3) is 5.00 Å². The van der Waals surface area contributed by atoms with E-state index in [1.54, 1.807) is 23.5 Å². The summed E-state index contributed by atoms with van der Waals surface area (Å²) in [5.74, 6) is 0.664. The van der Waals surface area contributed by atoms with E-state index in [1.165, 1.54) is 12.0 Å². The molecule has 0 fully saturated rings. The van der Waals surface area contributed by atoms with Gasteiger partial charge < -0.3 is 19.9 Å². The highest BCUT2D eigenvalue weighted by molar-refractivity contribution is 7.15. The van der Waals surface area contributed by atoms with Crippen molar-refractivity contribution in [1.82, 2.24) is 14.8 Å². The van der Waals surface area contributed by atoms with Gasteiger partial charge in [0.15, 0.2) is 12.4 Å². The molecule has 0 spiro atoms. The molecule has 0 aliphatic carbocycles. The van der Waals surface area contributed by atoms with Crippen molar-refractivity contribution in [3.63, 3.8) is 0 Å². The summed E-state index contributed by atoms with van der Waals surface area (Å²) in [4.78, 5) is 29.1. The van der Waals surface area contributed by atoms with E-state index in [4.69, 9.17) is 19.6 Å². The van der Waals surface area contributed by atoms with Crippen LogP contribution in [0.1, 0.15) is 52.1 Å². The number of aromatic nitrogens is 3. The molecule has 2 aromatic carbocycles. The standard InChI is InChI=1S/C29H29N5O5S/c1-16-17(2)40-29-26(16)27(31-23(13-14-25(37)38-4)28-33-32-18(3)34(28)29)19-5-7-20(8-6-19)30-21-9-11-22(12-10-21)39-15-24(35)36/h5-12,23,30H,13-15H2,1-4H3,(H,35,36)/t23-/m0/s1. The van der Waals surface area contributed by atoms with Crippen LogP contribution in [0.5, 0.6) is 5.75 Å². The number of fused-ring (bicyclic) bond motifs is 3. The van der Waals surface area contributed by atoms with Gasteiger partial charge in [0.2, 0.25) is 0 Å². The van der Waals surface area contributed by atoms with Crippen LogP contribution in [0.2, 0.25) is 0 Å². The van der Waals surface area contributed by atoms with Gasteiger partial charge in [0, 0.05) is 33.8 Å². The number of ether oxygens (including phenoxy) is 2. The minimum Gasteiger partial charge on any atom is -0.482 e. The normalized spacial score (nSPS) is 14.0. The van der Waals surface area contributed by atoms with Crippen LogP contribution >= 0.6 is 11.3 Å². The predicted molar refractivity (Wildman–Crippen MR) is 152 cm³/mol. The number of aryl methyl sites for hydroxylation is 2. The van der Waals surface area contributed by atoms with Crippen molar-refractivity contribution in [3.8, 4) is 10.8 Å². The SMILES string of the molecule is COC(=O)CC[C@@H]1N=C(c2ccc(Nc3ccc(OCC(=O)O)cc3)cc2)c2c(sc(C)c2C)-n2c(C)nnc21. The van der Waals surface area contributed by atoms with E-state index < -0.39 is 5.97 Å². The fourth-order valence-corrected chi connectivity index (χ4v) is 5.81. The van der Waals surface area contributed by atoms with Gasteiger partial charge in [-0.15, -0.1) is 21.5 Å². The Hall–Kier alpha value is -4.51. The summed E-state index contributed by atoms with van der Waals surface area (Å²) in [5, 5.41) is 22.0. The number of carboxylic acid groups (broad SMARTS) is 1. The summed E-state index contributed by atoms with van der Waals surface area (Å²) in [6.45, 7) is 5.75. The largest absolute Gasteiger partial charge is 0.482 e. The van der Waals surface area contributed by atoms with E-state index in [0.29, 0.717) is 18.0 Å². The minimum atomic E-state index is -1.02. The number of hydrogen-bond acceptors (Lipinski definition) is 9. The van der Waals surface area contributed by atoms with E-state index in [-0.39, 0.29) is 25.0 Å². The molecule has 4 aromatic rings. The number of anilines is 2. The Kier molecular flexibility index (Phi) is 7.65. The third kappa shape index (κ3) is 5.46. The highest BCUT2D eigenvalue weighted by atomic mass is 32.1. The second kappa shape index (κ2) is 11.3. The first-order chi connectivity index (χ1) is 19.2. The fourth-order valence-electron chi connectivity index (χ4n) is 4.60. The Morgan fingerprint density at radius 3 is 2.35 bits per heavy atom. The highest BCUT2D eigenvalue weighted by Gasteiger charge is 2.31. The molecule has 40 heavy (non-hydrogen) atoms. The van der Waals surface area contributed by atoms with Crippen molar-refractivity contribution in [1.29, 1.82) is 0 Å². The topological polar surface area (TPSA) is 128 Å². The number of hydrogen-bond donors (Lipinski definition) is 2. The van der Waals surface area contributed by atoms with Crippen LogP contribution in [-0.2, 0) is 14.3 Å². The molecule has 0 unspecified atom stereocenters. The lowest BCUT2D eigenvalue weighted by molar-refractivity contribution is -0.141. The average molecular weight is 560 g/mol. The van der Waals surface area contributed by atoms with E-state index in [9.17, 15) is 9.59 Å². The average Bonchev–Trinajstić information content (AvgIpc) is 3.42. The van der Waals surface area contributed by atoms with E-state index in [0.717, 1.165) is 44.6 Å². The van der Waals surface area contributed by atoms with Gasteiger partial charge in [0.1, 0.15) is 22.6 Å². The molecule has 2 N–H and O–H groups in total. The number of methoxy groups -OCH3 is 1. The number of nitrogens with one attached hydrogen (secondary N) is 1. The molecule has 1 atom stereocenters. The summed E-state index contributed by atoms with van der Waals surface area (Å²) in [6, 6.07) is 14.8. The molecule has 1 aliphatic heterocycles. The zero-order valence-electron chi connectivity index (χ0n) is 22.6. The molecule has 0 saturated heterocycles. The van der Waals surface area contributed by atoms with E-state index in [2.05, 4.69) is 33.9 Å². The van der Waals surface area contributed by atoms with Crippen LogP contribution in [0.4, 0.5) is 11.4 Å². The minimum absolute atomic E-state index is 0.221. The monoisotopic (exact) mass is 559 g/mol. The van der Waals surface area contributed by atoms with Gasteiger partial charge in [-0.05, 0) is 69.2 Å². The number of esters is 1. The first-order valence-electron chi connectivity index (χ1n) is 12.7. The molecular weight excluding hydrogens is 530 g/mol. The zero-order valence-corrected chi connectivity index (χ0v) is 23.4. The quantitative estimate of drug-likeness (QED) is 0.264. The number of carbonyl (C=O) groups excluding carboxylic acids is 1. The maximum atomic E-state index is 12.0. The van der Waals surface area contributed by atoms with Crippen LogP contribution in [0, 0.1) is 20.8 Å². The Bertz CT molecular complexity index is 1590. The Morgan fingerprint density at radius 2 is 1.70 bits per heavy atom. The summed E-state index contributed by atoms with van der Waals surface area (Å²) in [7, 11) is 1.39. The maximum Gasteiger partial charge on any atom is 0.341 e. The maximum absolute atomic E-state index is 12.0. The van der Waals surface area contributed by atoms with Crippen molar-refractivity contribution < 1.29 is 24.2 Å². The summed E-state index contributed by atoms with van der Waals surface area (Å²) < 4.78 is 12.2. The van der Waals surface area contributed by atoms with Gasteiger partial charge in [-0.3, -0.25) is 14.4 Å². The number of aliphatic carboxylic acids is 1. The molecule has 5 rings (SSSR count). The van der Waals surface area contributed by atoms with Crippen LogP contribution in [0.15, 0.2) is 53.5 Å². The van der Waals surface area contributed by atoms with Crippen LogP contribution in [0.3, 0.4) is 0 Å². The van der Waals surface area contributed by atoms with Crippen molar-refractivity contribution in [2.24, 2.45) is 4.99 Å². The molecule has 0 saturated carbocycles. The summed E-state index contributed by atoms with van der Waals surface area (Å²) >= 11 is 1.69. The molecule has 1 aliphatic rings. The Labute approximate surface area is 235 Å². The second-order valence-corrected chi connectivity index (χ2v) is 10.6. The van der Waals surface area contributed by atoms with E-state index >= 15 is 0 Å². The second-order valence-electron chi connectivity index (χ2n) is 9.42. The van der Waals surface area contributed by atoms with Gasteiger partial charge in [-0.1, -0.05) is 12.1 Å². The van der Waals surface area contributed by atoms with Gasteiger partial charge in [-0.25, -0.2) is 4.79 Å². The molecular formula is C29H29N5O5S. The van der Waals surface area contributed by atoms with Gasteiger partial charge in [0.25, 0.3) is 0 Å². The van der Waals surface area contributed by atoms with Gasteiger partial charge >= 0.3 is 11.9 Å². The van der Waals surface area contributed by atoms with Crippen molar-refractivity contribution >= 4 is 40.4 Å². The molecule has 0 radical (unpaired) electrons.